The molecular formula is C9H6BrClFNO. The van der Waals surface area contributed by atoms with Gasteiger partial charge in [-0.05, 0) is 28.1 Å². The quantitative estimate of drug-likeness (QED) is 0.812. The maximum Gasteiger partial charge on any atom is 0.152 e. The first-order chi connectivity index (χ1) is 6.63. The third-order valence-corrected chi connectivity index (χ3v) is 2.76. The monoisotopic (exact) mass is 277 g/mol. The first-order valence-corrected chi connectivity index (χ1v) is 5.06. The number of hydrogen-bond donors (Lipinski definition) is 1. The molecule has 1 aromatic carbocycles. The van der Waals surface area contributed by atoms with Crippen molar-refractivity contribution in [1.82, 2.24) is 0 Å². The van der Waals surface area contributed by atoms with Gasteiger partial charge in [-0.3, -0.25) is 0 Å². The van der Waals surface area contributed by atoms with Crippen LogP contribution in [0.15, 0.2) is 21.0 Å². The van der Waals surface area contributed by atoms with Crippen molar-refractivity contribution in [3.8, 4) is 0 Å². The fraction of sp³-hybridized carbons (Fsp3) is 0.111. The van der Waals surface area contributed by atoms with Crippen molar-refractivity contribution in [3.63, 3.8) is 0 Å². The summed E-state index contributed by atoms with van der Waals surface area (Å²) in [4.78, 5) is 0. The third kappa shape index (κ3) is 1.43. The topological polar surface area (TPSA) is 39.2 Å². The summed E-state index contributed by atoms with van der Waals surface area (Å²) >= 11 is 8.91. The van der Waals surface area contributed by atoms with E-state index in [1.165, 1.54) is 6.07 Å². The molecule has 2 nitrogen and oxygen atoms in total. The lowest BCUT2D eigenvalue weighted by Crippen LogP contribution is -1.92. The zero-order valence-electron chi connectivity index (χ0n) is 6.98. The van der Waals surface area contributed by atoms with Crippen molar-refractivity contribution in [3.05, 3.63) is 33.2 Å². The second kappa shape index (κ2) is 3.53. The average molecular weight is 279 g/mol. The molecule has 2 aromatic rings. The molecule has 2 N–H and O–H groups in total. The minimum absolute atomic E-state index is 0.0637. The minimum atomic E-state index is -0.478. The maximum atomic E-state index is 13.5. The fourth-order valence-electron chi connectivity index (χ4n) is 1.25. The molecular weight excluding hydrogens is 272 g/mol. The average Bonchev–Trinajstić information content (AvgIpc) is 2.58. The van der Waals surface area contributed by atoms with Gasteiger partial charge in [-0.15, -0.1) is 0 Å². The van der Waals surface area contributed by atoms with Crippen molar-refractivity contribution in [2.75, 3.05) is 0 Å². The van der Waals surface area contributed by atoms with E-state index in [4.69, 9.17) is 21.8 Å². The Balaban J connectivity index is 2.84. The number of furan rings is 1. The highest BCUT2D eigenvalue weighted by Crippen LogP contribution is 2.33. The van der Waals surface area contributed by atoms with E-state index >= 15 is 0 Å². The molecule has 0 aliphatic rings. The van der Waals surface area contributed by atoms with Gasteiger partial charge in [0.05, 0.1) is 21.4 Å². The summed E-state index contributed by atoms with van der Waals surface area (Å²) in [6, 6.07) is 3.02. The van der Waals surface area contributed by atoms with Gasteiger partial charge in [-0.2, -0.15) is 0 Å². The zero-order chi connectivity index (χ0) is 10.3. The van der Waals surface area contributed by atoms with Gasteiger partial charge < -0.3 is 10.2 Å². The highest BCUT2D eigenvalue weighted by Gasteiger charge is 2.14. The van der Waals surface area contributed by atoms with Gasteiger partial charge in [0.15, 0.2) is 11.4 Å². The van der Waals surface area contributed by atoms with Crippen LogP contribution in [-0.4, -0.2) is 0 Å². The molecule has 5 heteroatoms. The number of benzene rings is 1. The summed E-state index contributed by atoms with van der Waals surface area (Å²) in [6.07, 6.45) is 0. The van der Waals surface area contributed by atoms with Gasteiger partial charge in [-0.25, -0.2) is 4.39 Å². The van der Waals surface area contributed by atoms with Gasteiger partial charge in [0, 0.05) is 0 Å². The predicted octanol–water partition coefficient (Wildman–Crippen LogP) is 3.45. The standard InChI is InChI=1S/C9H6BrClFNO/c10-6-2-7(11)8(12)5-1-4(3-13)14-9(5)6/h1-2H,3,13H2. The Morgan fingerprint density at radius 1 is 1.50 bits per heavy atom. The van der Waals surface area contributed by atoms with E-state index in [1.807, 2.05) is 0 Å². The molecule has 0 radical (unpaired) electrons. The molecule has 14 heavy (non-hydrogen) atoms. The largest absolute Gasteiger partial charge is 0.458 e. The van der Waals surface area contributed by atoms with Crippen molar-refractivity contribution in [1.29, 1.82) is 0 Å². The van der Waals surface area contributed by atoms with Gasteiger partial charge in [-0.1, -0.05) is 11.6 Å². The molecule has 0 fully saturated rings. The lowest BCUT2D eigenvalue weighted by atomic mass is 10.2. The van der Waals surface area contributed by atoms with Crippen LogP contribution in [-0.2, 0) is 6.54 Å². The Morgan fingerprint density at radius 3 is 2.86 bits per heavy atom. The first kappa shape index (κ1) is 9.96. The molecule has 2 rings (SSSR count). The van der Waals surface area contributed by atoms with Crippen molar-refractivity contribution < 1.29 is 8.81 Å². The molecule has 0 atom stereocenters. The molecule has 0 unspecified atom stereocenters. The lowest BCUT2D eigenvalue weighted by molar-refractivity contribution is 0.550. The van der Waals surface area contributed by atoms with E-state index in [0.717, 1.165) is 0 Å². The first-order valence-electron chi connectivity index (χ1n) is 3.89. The summed E-state index contributed by atoms with van der Waals surface area (Å²) in [5.74, 6) is 0.0511. The molecule has 0 aliphatic carbocycles. The number of rotatable bonds is 1. The van der Waals surface area contributed by atoms with Crippen LogP contribution in [0, 0.1) is 5.82 Å². The van der Waals surface area contributed by atoms with Crippen molar-refractivity contribution in [2.24, 2.45) is 5.73 Å². The summed E-state index contributed by atoms with van der Waals surface area (Å²) in [6.45, 7) is 0.234. The molecule has 0 spiro atoms. The van der Waals surface area contributed by atoms with E-state index in [0.29, 0.717) is 21.2 Å². The number of halogens is 3. The second-order valence-corrected chi connectivity index (χ2v) is 4.08. The Morgan fingerprint density at radius 2 is 2.21 bits per heavy atom. The summed E-state index contributed by atoms with van der Waals surface area (Å²) in [5, 5.41) is 0.415. The smallest absolute Gasteiger partial charge is 0.152 e. The Hall–Kier alpha value is -0.580. The molecule has 1 heterocycles. The Labute approximate surface area is 92.9 Å². The Bertz CT molecular complexity index is 497. The molecule has 0 saturated heterocycles. The molecule has 74 valence electrons. The van der Waals surface area contributed by atoms with E-state index in [2.05, 4.69) is 15.9 Å². The van der Waals surface area contributed by atoms with E-state index < -0.39 is 5.82 Å². The van der Waals surface area contributed by atoms with Crippen LogP contribution < -0.4 is 5.73 Å². The molecule has 0 saturated carbocycles. The maximum absolute atomic E-state index is 13.5. The fourth-order valence-corrected chi connectivity index (χ4v) is 2.12. The normalized spacial score (nSPS) is 11.1. The predicted molar refractivity (Wildman–Crippen MR) is 56.8 cm³/mol. The van der Waals surface area contributed by atoms with Gasteiger partial charge in [0.2, 0.25) is 0 Å². The minimum Gasteiger partial charge on any atom is -0.458 e. The number of nitrogens with two attached hydrogens (primary N) is 1. The summed E-state index contributed by atoms with van der Waals surface area (Å²) in [7, 11) is 0. The zero-order valence-corrected chi connectivity index (χ0v) is 9.32. The lowest BCUT2D eigenvalue weighted by Gasteiger charge is -1.96. The number of fused-ring (bicyclic) bond motifs is 1. The van der Waals surface area contributed by atoms with Gasteiger partial charge >= 0.3 is 0 Å². The van der Waals surface area contributed by atoms with Crippen LogP contribution >= 0.6 is 27.5 Å². The second-order valence-electron chi connectivity index (χ2n) is 2.81. The molecule has 0 amide bonds. The van der Waals surface area contributed by atoms with Crippen LogP contribution in [0.3, 0.4) is 0 Å². The summed E-state index contributed by atoms with van der Waals surface area (Å²) in [5.41, 5.74) is 5.82. The molecule has 0 aliphatic heterocycles. The van der Waals surface area contributed by atoms with E-state index in [1.54, 1.807) is 6.07 Å². The van der Waals surface area contributed by atoms with E-state index in [9.17, 15) is 4.39 Å². The van der Waals surface area contributed by atoms with Crippen molar-refractivity contribution in [2.45, 2.75) is 6.54 Å². The van der Waals surface area contributed by atoms with Crippen LogP contribution in [0.1, 0.15) is 5.76 Å². The van der Waals surface area contributed by atoms with Crippen LogP contribution in [0.25, 0.3) is 11.0 Å². The van der Waals surface area contributed by atoms with Gasteiger partial charge in [0.25, 0.3) is 0 Å². The highest BCUT2D eigenvalue weighted by molar-refractivity contribution is 9.10. The highest BCUT2D eigenvalue weighted by atomic mass is 79.9. The van der Waals surface area contributed by atoms with Crippen LogP contribution in [0.5, 0.6) is 0 Å². The van der Waals surface area contributed by atoms with Gasteiger partial charge in [0.1, 0.15) is 5.76 Å². The molecule has 1 aromatic heterocycles. The van der Waals surface area contributed by atoms with Crippen LogP contribution in [0.2, 0.25) is 5.02 Å². The van der Waals surface area contributed by atoms with Crippen molar-refractivity contribution >= 4 is 38.5 Å². The number of hydrogen-bond acceptors (Lipinski definition) is 2. The molecule has 0 bridgehead atoms. The Kier molecular flexibility index (Phi) is 2.51. The van der Waals surface area contributed by atoms with E-state index in [-0.39, 0.29) is 11.6 Å². The van der Waals surface area contributed by atoms with Crippen LogP contribution in [0.4, 0.5) is 4.39 Å². The summed E-state index contributed by atoms with van der Waals surface area (Å²) < 4.78 is 19.4. The SMILES string of the molecule is NCc1cc2c(F)c(Cl)cc(Br)c2o1. The third-order valence-electron chi connectivity index (χ3n) is 1.90.